The maximum Gasteiger partial charge on any atom is 0.301 e. The molecule has 28 heavy (non-hydrogen) atoms. The third kappa shape index (κ3) is 2.87. The molecular weight excluding hydrogens is 358 g/mol. The average molecular weight is 375 g/mol. The molecule has 1 fully saturated rings. The third-order valence-electron chi connectivity index (χ3n) is 4.63. The minimum atomic E-state index is -0.862. The van der Waals surface area contributed by atoms with E-state index >= 15 is 0 Å². The summed E-state index contributed by atoms with van der Waals surface area (Å²) in [4.78, 5) is 31.0. The Labute approximate surface area is 160 Å². The number of anilines is 1. The SMILES string of the molecule is Cc1ccc(/C(O)=C2\C(=O)C(=O)N(c3cc(C)on3)[C@H]2c2cccnc2)cc1. The van der Waals surface area contributed by atoms with E-state index in [1.165, 1.54) is 4.90 Å². The molecule has 7 heteroatoms. The summed E-state index contributed by atoms with van der Waals surface area (Å²) in [5, 5.41) is 14.8. The quantitative estimate of drug-likeness (QED) is 0.429. The molecule has 0 spiro atoms. The molecule has 3 aromatic rings. The highest BCUT2D eigenvalue weighted by Gasteiger charge is 2.48. The number of nitrogens with zero attached hydrogens (tertiary/aromatic N) is 3. The second-order valence-corrected chi connectivity index (χ2v) is 6.62. The van der Waals surface area contributed by atoms with Crippen molar-refractivity contribution in [2.45, 2.75) is 19.9 Å². The van der Waals surface area contributed by atoms with Crippen molar-refractivity contribution in [2.75, 3.05) is 4.90 Å². The molecule has 140 valence electrons. The van der Waals surface area contributed by atoms with Crippen LogP contribution in [-0.4, -0.2) is 26.9 Å². The van der Waals surface area contributed by atoms with Crippen molar-refractivity contribution in [3.8, 4) is 0 Å². The van der Waals surface area contributed by atoms with E-state index in [1.54, 1.807) is 49.6 Å². The summed E-state index contributed by atoms with van der Waals surface area (Å²) >= 11 is 0. The maximum atomic E-state index is 12.9. The van der Waals surface area contributed by atoms with Crippen molar-refractivity contribution in [3.63, 3.8) is 0 Å². The number of hydrogen-bond acceptors (Lipinski definition) is 6. The fourth-order valence-electron chi connectivity index (χ4n) is 3.26. The normalized spacial score (nSPS) is 18.6. The summed E-state index contributed by atoms with van der Waals surface area (Å²) in [6.45, 7) is 3.61. The van der Waals surface area contributed by atoms with E-state index in [1.807, 2.05) is 19.1 Å². The van der Waals surface area contributed by atoms with Gasteiger partial charge >= 0.3 is 5.91 Å². The number of aromatic nitrogens is 2. The van der Waals surface area contributed by atoms with E-state index < -0.39 is 17.7 Å². The van der Waals surface area contributed by atoms with E-state index in [0.29, 0.717) is 16.9 Å². The fourth-order valence-corrected chi connectivity index (χ4v) is 3.26. The highest BCUT2D eigenvalue weighted by molar-refractivity contribution is 6.51. The highest BCUT2D eigenvalue weighted by Crippen LogP contribution is 2.41. The van der Waals surface area contributed by atoms with Crippen molar-refractivity contribution < 1.29 is 19.2 Å². The van der Waals surface area contributed by atoms with Crippen LogP contribution in [-0.2, 0) is 9.59 Å². The van der Waals surface area contributed by atoms with Gasteiger partial charge in [0, 0.05) is 24.0 Å². The van der Waals surface area contributed by atoms with Crippen LogP contribution in [0.1, 0.15) is 28.5 Å². The van der Waals surface area contributed by atoms with Crippen LogP contribution in [0.4, 0.5) is 5.82 Å². The molecule has 0 radical (unpaired) electrons. The maximum absolute atomic E-state index is 12.9. The van der Waals surface area contributed by atoms with Crippen LogP contribution in [0.15, 0.2) is 65.0 Å². The van der Waals surface area contributed by atoms with Crippen molar-refractivity contribution >= 4 is 23.3 Å². The first-order valence-electron chi connectivity index (χ1n) is 8.68. The topological polar surface area (TPSA) is 96.5 Å². The summed E-state index contributed by atoms with van der Waals surface area (Å²) < 4.78 is 5.09. The summed E-state index contributed by atoms with van der Waals surface area (Å²) in [7, 11) is 0. The Bertz CT molecular complexity index is 1080. The molecule has 1 atom stereocenters. The second-order valence-electron chi connectivity index (χ2n) is 6.62. The number of hydrogen-bond donors (Lipinski definition) is 1. The van der Waals surface area contributed by atoms with Gasteiger partial charge in [0.05, 0.1) is 11.6 Å². The lowest BCUT2D eigenvalue weighted by atomic mass is 9.96. The number of carbonyl (C=O) groups is 2. The summed E-state index contributed by atoms with van der Waals surface area (Å²) in [6, 6.07) is 11.2. The number of ketones is 1. The van der Waals surface area contributed by atoms with Gasteiger partial charge in [0.1, 0.15) is 11.5 Å². The lowest BCUT2D eigenvalue weighted by Crippen LogP contribution is -2.29. The molecule has 1 aliphatic heterocycles. The average Bonchev–Trinajstić information content (AvgIpc) is 3.24. The van der Waals surface area contributed by atoms with Gasteiger partial charge in [0.2, 0.25) is 0 Å². The Balaban J connectivity index is 1.93. The van der Waals surface area contributed by atoms with Crippen LogP contribution in [0.2, 0.25) is 0 Å². The van der Waals surface area contributed by atoms with Gasteiger partial charge in [-0.1, -0.05) is 41.1 Å². The minimum Gasteiger partial charge on any atom is -0.507 e. The largest absolute Gasteiger partial charge is 0.507 e. The lowest BCUT2D eigenvalue weighted by Gasteiger charge is -2.22. The molecule has 2 aromatic heterocycles. The standard InChI is InChI=1S/C21H17N3O4/c1-12-5-7-14(8-6-12)19(25)17-18(15-4-3-9-22-11-15)24(21(27)20(17)26)16-10-13(2)28-23-16/h3-11,18,25H,1-2H3/b19-17+/t18-/m0/s1. The Hall–Kier alpha value is -3.74. The summed E-state index contributed by atoms with van der Waals surface area (Å²) in [6.07, 6.45) is 3.15. The third-order valence-corrected chi connectivity index (χ3v) is 4.63. The first-order chi connectivity index (χ1) is 13.5. The van der Waals surface area contributed by atoms with Crippen LogP contribution in [0, 0.1) is 13.8 Å². The Morgan fingerprint density at radius 3 is 2.50 bits per heavy atom. The number of aryl methyl sites for hydroxylation is 2. The Kier molecular flexibility index (Phi) is 4.27. The van der Waals surface area contributed by atoms with Gasteiger partial charge in [0.15, 0.2) is 5.82 Å². The van der Waals surface area contributed by atoms with E-state index in [9.17, 15) is 14.7 Å². The lowest BCUT2D eigenvalue weighted by molar-refractivity contribution is -0.132. The predicted octanol–water partition coefficient (Wildman–Crippen LogP) is 3.31. The number of Topliss-reactive ketones (excluding diaryl/α,β-unsaturated/α-hetero) is 1. The smallest absolute Gasteiger partial charge is 0.301 e. The van der Waals surface area contributed by atoms with Crippen molar-refractivity contribution in [3.05, 3.63) is 82.9 Å². The van der Waals surface area contributed by atoms with E-state index in [0.717, 1.165) is 5.56 Å². The molecule has 0 saturated carbocycles. The molecule has 1 saturated heterocycles. The molecule has 0 aliphatic carbocycles. The van der Waals surface area contributed by atoms with Crippen molar-refractivity contribution in [1.82, 2.24) is 10.1 Å². The predicted molar refractivity (Wildman–Crippen MR) is 101 cm³/mol. The zero-order valence-corrected chi connectivity index (χ0v) is 15.3. The number of rotatable bonds is 3. The molecule has 7 nitrogen and oxygen atoms in total. The zero-order chi connectivity index (χ0) is 19.8. The Morgan fingerprint density at radius 2 is 1.89 bits per heavy atom. The van der Waals surface area contributed by atoms with Crippen LogP contribution in [0.3, 0.4) is 0 Å². The molecule has 3 heterocycles. The number of amides is 1. The molecule has 1 amide bonds. The van der Waals surface area contributed by atoms with E-state index in [4.69, 9.17) is 4.52 Å². The molecule has 4 rings (SSSR count). The zero-order valence-electron chi connectivity index (χ0n) is 15.3. The number of pyridine rings is 1. The first kappa shape index (κ1) is 17.7. The Morgan fingerprint density at radius 1 is 1.14 bits per heavy atom. The van der Waals surface area contributed by atoms with E-state index in [2.05, 4.69) is 10.1 Å². The molecular formula is C21H17N3O4. The van der Waals surface area contributed by atoms with Crippen LogP contribution < -0.4 is 4.90 Å². The summed E-state index contributed by atoms with van der Waals surface area (Å²) in [5.41, 5.74) is 2.03. The molecule has 1 aromatic carbocycles. The first-order valence-corrected chi connectivity index (χ1v) is 8.68. The van der Waals surface area contributed by atoms with Gasteiger partial charge in [-0.15, -0.1) is 0 Å². The second kappa shape index (κ2) is 6.77. The number of aliphatic hydroxyl groups excluding tert-OH is 1. The van der Waals surface area contributed by atoms with Gasteiger partial charge in [-0.25, -0.2) is 0 Å². The van der Waals surface area contributed by atoms with E-state index in [-0.39, 0.29) is 17.2 Å². The monoisotopic (exact) mass is 375 g/mol. The molecule has 0 unspecified atom stereocenters. The van der Waals surface area contributed by atoms with Crippen LogP contribution in [0.25, 0.3) is 5.76 Å². The van der Waals surface area contributed by atoms with Gasteiger partial charge in [0.25, 0.3) is 5.78 Å². The molecule has 1 aliphatic rings. The van der Waals surface area contributed by atoms with Crippen LogP contribution in [0.5, 0.6) is 0 Å². The van der Waals surface area contributed by atoms with Crippen LogP contribution >= 0.6 is 0 Å². The van der Waals surface area contributed by atoms with Crippen molar-refractivity contribution in [2.24, 2.45) is 0 Å². The highest BCUT2D eigenvalue weighted by atomic mass is 16.5. The summed E-state index contributed by atoms with van der Waals surface area (Å²) in [5.74, 6) is -1.10. The number of carbonyl (C=O) groups excluding carboxylic acids is 2. The van der Waals surface area contributed by atoms with Gasteiger partial charge < -0.3 is 9.63 Å². The molecule has 0 bridgehead atoms. The number of aliphatic hydroxyl groups is 1. The van der Waals surface area contributed by atoms with Crippen molar-refractivity contribution in [1.29, 1.82) is 0 Å². The van der Waals surface area contributed by atoms with Gasteiger partial charge in [-0.05, 0) is 25.5 Å². The number of benzene rings is 1. The fraction of sp³-hybridized carbons (Fsp3) is 0.143. The minimum absolute atomic E-state index is 0.0116. The van der Waals surface area contributed by atoms with Gasteiger partial charge in [-0.3, -0.25) is 19.5 Å². The van der Waals surface area contributed by atoms with Gasteiger partial charge in [-0.2, -0.15) is 0 Å². The molecule has 1 N–H and O–H groups in total.